The Kier molecular flexibility index (Phi) is 5.41. The van der Waals surface area contributed by atoms with Crippen LogP contribution in [0.5, 0.6) is 0 Å². The van der Waals surface area contributed by atoms with Gasteiger partial charge in [-0.3, -0.25) is 0 Å². The third-order valence-corrected chi connectivity index (χ3v) is 3.00. The maximum absolute atomic E-state index is 11.9. The topological polar surface area (TPSA) is 70.9 Å². The van der Waals surface area contributed by atoms with Gasteiger partial charge in [-0.2, -0.15) is 0 Å². The van der Waals surface area contributed by atoms with Crippen molar-refractivity contribution in [2.45, 2.75) is 51.7 Å². The Labute approximate surface area is 102 Å². The Hall–Kier alpha value is -1.10. The Bertz CT molecular complexity index is 272. The number of piperidine rings is 1. The number of quaternary nitrogens is 1. The molecule has 1 aliphatic rings. The average Bonchev–Trinajstić information content (AvgIpc) is 2.25. The van der Waals surface area contributed by atoms with Crippen LogP contribution in [-0.2, 0) is 14.3 Å². The molecule has 1 aliphatic heterocycles. The maximum atomic E-state index is 11.9. The Morgan fingerprint density at radius 1 is 1.24 bits per heavy atom. The van der Waals surface area contributed by atoms with Crippen molar-refractivity contribution in [3.8, 4) is 0 Å². The SMILES string of the molecule is CC(C)OC(=O)[C@@H](CC(=O)[O-])[NH+]1CCCCC1. The summed E-state index contributed by atoms with van der Waals surface area (Å²) in [5, 5.41) is 10.7. The summed E-state index contributed by atoms with van der Waals surface area (Å²) >= 11 is 0. The molecule has 0 aromatic rings. The molecule has 5 nitrogen and oxygen atoms in total. The van der Waals surface area contributed by atoms with E-state index in [1.54, 1.807) is 13.8 Å². The smallest absolute Gasteiger partial charge is 0.365 e. The van der Waals surface area contributed by atoms with Crippen molar-refractivity contribution in [2.75, 3.05) is 13.1 Å². The van der Waals surface area contributed by atoms with E-state index >= 15 is 0 Å². The molecule has 0 spiro atoms. The molecule has 1 saturated heterocycles. The molecule has 0 aromatic carbocycles. The van der Waals surface area contributed by atoms with E-state index in [1.807, 2.05) is 0 Å². The predicted molar refractivity (Wildman–Crippen MR) is 59.2 cm³/mol. The monoisotopic (exact) mass is 243 g/mol. The van der Waals surface area contributed by atoms with Gasteiger partial charge in [0.25, 0.3) is 0 Å². The summed E-state index contributed by atoms with van der Waals surface area (Å²) in [6.45, 7) is 5.20. The van der Waals surface area contributed by atoms with E-state index in [-0.39, 0.29) is 12.5 Å². The first-order valence-electron chi connectivity index (χ1n) is 6.25. The van der Waals surface area contributed by atoms with E-state index in [0.29, 0.717) is 0 Å². The van der Waals surface area contributed by atoms with Crippen molar-refractivity contribution in [1.82, 2.24) is 0 Å². The zero-order valence-corrected chi connectivity index (χ0v) is 10.5. The second-order valence-electron chi connectivity index (χ2n) is 4.83. The lowest BCUT2D eigenvalue weighted by Crippen LogP contribution is -3.17. The molecule has 0 aliphatic carbocycles. The van der Waals surface area contributed by atoms with Gasteiger partial charge in [0.1, 0.15) is 0 Å². The molecule has 98 valence electrons. The number of carboxylic acid groups (broad SMARTS) is 1. The van der Waals surface area contributed by atoms with Crippen molar-refractivity contribution in [3.63, 3.8) is 0 Å². The number of hydrogen-bond donors (Lipinski definition) is 1. The number of nitrogens with one attached hydrogen (secondary N) is 1. The standard InChI is InChI=1S/C12H21NO4/c1-9(2)17-12(16)10(8-11(14)15)13-6-4-3-5-7-13/h9-10H,3-8H2,1-2H3,(H,14,15)/t10-/m1/s1. The lowest BCUT2D eigenvalue weighted by molar-refractivity contribution is -0.921. The number of carbonyl (C=O) groups is 2. The van der Waals surface area contributed by atoms with Gasteiger partial charge in [-0.25, -0.2) is 4.79 Å². The molecule has 5 heteroatoms. The third kappa shape index (κ3) is 4.73. The summed E-state index contributed by atoms with van der Waals surface area (Å²) in [4.78, 5) is 23.6. The zero-order valence-electron chi connectivity index (χ0n) is 10.5. The van der Waals surface area contributed by atoms with Crippen LogP contribution in [0, 0.1) is 0 Å². The van der Waals surface area contributed by atoms with Gasteiger partial charge in [-0.15, -0.1) is 0 Å². The van der Waals surface area contributed by atoms with Crippen LogP contribution in [-0.4, -0.2) is 37.2 Å². The number of esters is 1. The van der Waals surface area contributed by atoms with Gasteiger partial charge < -0.3 is 19.5 Å². The lowest BCUT2D eigenvalue weighted by atomic mass is 10.1. The van der Waals surface area contributed by atoms with Crippen LogP contribution in [0.3, 0.4) is 0 Å². The molecule has 0 unspecified atom stereocenters. The highest BCUT2D eigenvalue weighted by Crippen LogP contribution is 2.01. The fraction of sp³-hybridized carbons (Fsp3) is 0.833. The quantitative estimate of drug-likeness (QED) is 0.598. The van der Waals surface area contributed by atoms with E-state index in [9.17, 15) is 14.7 Å². The number of aliphatic carboxylic acids is 1. The van der Waals surface area contributed by atoms with Gasteiger partial charge >= 0.3 is 5.97 Å². The molecule has 1 fully saturated rings. The van der Waals surface area contributed by atoms with E-state index in [2.05, 4.69) is 0 Å². The Morgan fingerprint density at radius 2 is 1.82 bits per heavy atom. The second-order valence-corrected chi connectivity index (χ2v) is 4.83. The first kappa shape index (κ1) is 14.0. The van der Waals surface area contributed by atoms with Gasteiger partial charge in [-0.05, 0) is 33.1 Å². The zero-order chi connectivity index (χ0) is 12.8. The van der Waals surface area contributed by atoms with Gasteiger partial charge in [0.05, 0.1) is 25.6 Å². The predicted octanol–water partition coefficient (Wildman–Crippen LogP) is -1.48. The molecule has 1 atom stereocenters. The fourth-order valence-corrected chi connectivity index (χ4v) is 2.23. The molecule has 1 heterocycles. The minimum atomic E-state index is -1.19. The van der Waals surface area contributed by atoms with Crippen LogP contribution in [0.1, 0.15) is 39.5 Å². The summed E-state index contributed by atoms with van der Waals surface area (Å²) in [6, 6.07) is -0.609. The molecule has 0 saturated carbocycles. The number of likely N-dealkylation sites (tertiary alicyclic amines) is 1. The van der Waals surface area contributed by atoms with Crippen molar-refractivity contribution in [1.29, 1.82) is 0 Å². The second kappa shape index (κ2) is 6.59. The number of carboxylic acids is 1. The molecule has 1 N–H and O–H groups in total. The maximum Gasteiger partial charge on any atom is 0.365 e. The van der Waals surface area contributed by atoms with Crippen LogP contribution in [0.2, 0.25) is 0 Å². The van der Waals surface area contributed by atoms with Crippen LogP contribution >= 0.6 is 0 Å². The molecule has 0 aromatic heterocycles. The van der Waals surface area contributed by atoms with E-state index in [4.69, 9.17) is 4.74 Å². The summed E-state index contributed by atoms with van der Waals surface area (Å²) in [7, 11) is 0. The first-order valence-corrected chi connectivity index (χ1v) is 6.25. The van der Waals surface area contributed by atoms with Crippen LogP contribution in [0.4, 0.5) is 0 Å². The van der Waals surface area contributed by atoms with E-state index in [0.717, 1.165) is 37.3 Å². The molecule has 0 bridgehead atoms. The van der Waals surface area contributed by atoms with Crippen molar-refractivity contribution in [3.05, 3.63) is 0 Å². The molecule has 1 rings (SSSR count). The molecular formula is C12H21NO4. The Balaban J connectivity index is 2.64. The molecular weight excluding hydrogens is 222 g/mol. The van der Waals surface area contributed by atoms with Gasteiger partial charge in [-0.1, -0.05) is 0 Å². The first-order chi connectivity index (χ1) is 8.00. The number of carbonyl (C=O) groups excluding carboxylic acids is 2. The Morgan fingerprint density at radius 3 is 2.29 bits per heavy atom. The number of hydrogen-bond acceptors (Lipinski definition) is 4. The van der Waals surface area contributed by atoms with Gasteiger partial charge in [0.2, 0.25) is 0 Å². The van der Waals surface area contributed by atoms with Crippen LogP contribution in [0.15, 0.2) is 0 Å². The fourth-order valence-electron chi connectivity index (χ4n) is 2.23. The molecule has 0 radical (unpaired) electrons. The summed E-state index contributed by atoms with van der Waals surface area (Å²) < 4.78 is 5.12. The van der Waals surface area contributed by atoms with Crippen LogP contribution < -0.4 is 10.0 Å². The summed E-state index contributed by atoms with van der Waals surface area (Å²) in [5.41, 5.74) is 0. The largest absolute Gasteiger partial charge is 0.550 e. The van der Waals surface area contributed by atoms with Crippen LogP contribution in [0.25, 0.3) is 0 Å². The summed E-state index contributed by atoms with van der Waals surface area (Å²) in [6.07, 6.45) is 2.76. The molecule has 0 amide bonds. The van der Waals surface area contributed by atoms with Gasteiger partial charge in [0, 0.05) is 5.97 Å². The van der Waals surface area contributed by atoms with E-state index < -0.39 is 18.0 Å². The third-order valence-electron chi connectivity index (χ3n) is 3.00. The van der Waals surface area contributed by atoms with Gasteiger partial charge in [0.15, 0.2) is 6.04 Å². The van der Waals surface area contributed by atoms with Crippen molar-refractivity contribution < 1.29 is 24.3 Å². The minimum Gasteiger partial charge on any atom is -0.550 e. The van der Waals surface area contributed by atoms with Crippen molar-refractivity contribution >= 4 is 11.9 Å². The highest BCUT2D eigenvalue weighted by molar-refractivity contribution is 5.80. The molecule has 17 heavy (non-hydrogen) atoms. The van der Waals surface area contributed by atoms with E-state index in [1.165, 1.54) is 0 Å². The number of rotatable bonds is 5. The highest BCUT2D eigenvalue weighted by Gasteiger charge is 2.32. The minimum absolute atomic E-state index is 0.212. The average molecular weight is 243 g/mol. The highest BCUT2D eigenvalue weighted by atomic mass is 16.5. The normalized spacial score (nSPS) is 19.0. The summed E-state index contributed by atoms with van der Waals surface area (Å²) in [5.74, 6) is -1.60. The number of ether oxygens (including phenoxy) is 1. The lowest BCUT2D eigenvalue weighted by Gasteiger charge is -2.30. The van der Waals surface area contributed by atoms with Crippen molar-refractivity contribution in [2.24, 2.45) is 0 Å².